The lowest BCUT2D eigenvalue weighted by atomic mass is 10.1. The van der Waals surface area contributed by atoms with Crippen LogP contribution in [0.25, 0.3) is 11.3 Å². The topological polar surface area (TPSA) is 53.5 Å². The van der Waals surface area contributed by atoms with Gasteiger partial charge in [-0.05, 0) is 12.1 Å². The minimum Gasteiger partial charge on any atom is -0.378 e. The Morgan fingerprint density at radius 1 is 1.17 bits per heavy atom. The van der Waals surface area contributed by atoms with Gasteiger partial charge in [0.1, 0.15) is 5.15 Å². The van der Waals surface area contributed by atoms with Crippen molar-refractivity contribution < 1.29 is 4.74 Å². The molecule has 0 radical (unpaired) electrons. The van der Waals surface area contributed by atoms with Gasteiger partial charge < -0.3 is 19.9 Å². The Balaban J connectivity index is 1.71. The summed E-state index contributed by atoms with van der Waals surface area (Å²) in [5.41, 5.74) is 4.20. The standard InChI is InChI=1S/C16H18ClN5O/c1-21-10-18-12-3-2-11(8-14(12)21)13-9-15(17)20-16(19-13)22-4-6-23-7-5-22/h2-3,8-9,18H,4-7,10H2,1H3. The van der Waals surface area contributed by atoms with Gasteiger partial charge in [0.25, 0.3) is 0 Å². The number of hydrogen-bond donors (Lipinski definition) is 1. The third-order valence-corrected chi connectivity index (χ3v) is 4.38. The molecule has 0 aliphatic carbocycles. The lowest BCUT2D eigenvalue weighted by Gasteiger charge is -2.27. The highest BCUT2D eigenvalue weighted by atomic mass is 35.5. The van der Waals surface area contributed by atoms with Crippen molar-refractivity contribution in [3.8, 4) is 11.3 Å². The number of anilines is 3. The number of aromatic nitrogens is 2. The number of nitrogens with zero attached hydrogens (tertiary/aromatic N) is 4. The van der Waals surface area contributed by atoms with E-state index in [0.717, 1.165) is 36.7 Å². The predicted octanol–water partition coefficient (Wildman–Crippen LogP) is 2.45. The summed E-state index contributed by atoms with van der Waals surface area (Å²) in [5, 5.41) is 3.81. The van der Waals surface area contributed by atoms with Crippen LogP contribution in [0.15, 0.2) is 24.3 Å². The molecule has 2 aliphatic rings. The van der Waals surface area contributed by atoms with Gasteiger partial charge in [-0.25, -0.2) is 9.97 Å². The highest BCUT2D eigenvalue weighted by Gasteiger charge is 2.18. The van der Waals surface area contributed by atoms with Crippen molar-refractivity contribution in [1.29, 1.82) is 0 Å². The summed E-state index contributed by atoms with van der Waals surface area (Å²) in [7, 11) is 2.06. The Bertz CT molecular complexity index is 732. The Kier molecular flexibility index (Phi) is 3.71. The number of halogens is 1. The molecule has 3 heterocycles. The average molecular weight is 332 g/mol. The van der Waals surface area contributed by atoms with Crippen molar-refractivity contribution >= 4 is 28.9 Å². The number of ether oxygens (including phenoxy) is 1. The normalized spacial score (nSPS) is 17.1. The fourth-order valence-corrected chi connectivity index (χ4v) is 3.08. The first kappa shape index (κ1) is 14.5. The van der Waals surface area contributed by atoms with Crippen LogP contribution in [0.2, 0.25) is 5.15 Å². The van der Waals surface area contributed by atoms with Gasteiger partial charge in [0, 0.05) is 31.8 Å². The Morgan fingerprint density at radius 2 is 2.00 bits per heavy atom. The Morgan fingerprint density at radius 3 is 2.83 bits per heavy atom. The first-order valence-electron chi connectivity index (χ1n) is 7.67. The van der Waals surface area contributed by atoms with Crippen LogP contribution in [0.4, 0.5) is 17.3 Å². The molecule has 0 atom stereocenters. The molecule has 1 N–H and O–H groups in total. The van der Waals surface area contributed by atoms with Crippen LogP contribution in [0.5, 0.6) is 0 Å². The minimum absolute atomic E-state index is 0.462. The van der Waals surface area contributed by atoms with Crippen molar-refractivity contribution in [3.05, 3.63) is 29.4 Å². The monoisotopic (exact) mass is 331 g/mol. The maximum absolute atomic E-state index is 6.23. The average Bonchev–Trinajstić information content (AvgIpc) is 2.96. The molecule has 0 spiro atoms. The summed E-state index contributed by atoms with van der Waals surface area (Å²) < 4.78 is 5.39. The van der Waals surface area contributed by atoms with Gasteiger partial charge in [-0.2, -0.15) is 0 Å². The van der Waals surface area contributed by atoms with E-state index in [1.54, 1.807) is 0 Å². The number of rotatable bonds is 2. The van der Waals surface area contributed by atoms with Crippen molar-refractivity contribution in [2.45, 2.75) is 0 Å². The summed E-state index contributed by atoms with van der Waals surface area (Å²) in [5.74, 6) is 0.669. The van der Waals surface area contributed by atoms with E-state index in [1.807, 2.05) is 6.07 Å². The van der Waals surface area contributed by atoms with Gasteiger partial charge in [0.2, 0.25) is 5.95 Å². The number of morpholine rings is 1. The highest BCUT2D eigenvalue weighted by Crippen LogP contribution is 2.34. The van der Waals surface area contributed by atoms with Crippen LogP contribution in [-0.4, -0.2) is 50.0 Å². The molecule has 1 fully saturated rings. The molecule has 4 rings (SSSR count). The molecule has 1 aromatic heterocycles. The molecule has 2 aliphatic heterocycles. The molecule has 1 aromatic carbocycles. The molecule has 7 heteroatoms. The molecular weight excluding hydrogens is 314 g/mol. The third-order valence-electron chi connectivity index (χ3n) is 4.19. The molecule has 6 nitrogen and oxygen atoms in total. The van der Waals surface area contributed by atoms with Crippen LogP contribution in [0.3, 0.4) is 0 Å². The molecule has 120 valence electrons. The first-order valence-corrected chi connectivity index (χ1v) is 8.05. The van der Waals surface area contributed by atoms with Crippen molar-refractivity contribution in [2.24, 2.45) is 0 Å². The first-order chi connectivity index (χ1) is 11.2. The number of fused-ring (bicyclic) bond motifs is 1. The second kappa shape index (κ2) is 5.86. The van der Waals surface area contributed by atoms with E-state index in [9.17, 15) is 0 Å². The van der Waals surface area contributed by atoms with Gasteiger partial charge in [-0.3, -0.25) is 0 Å². The van der Waals surface area contributed by atoms with E-state index in [-0.39, 0.29) is 0 Å². The minimum atomic E-state index is 0.462. The van der Waals surface area contributed by atoms with Crippen LogP contribution < -0.4 is 15.1 Å². The summed E-state index contributed by atoms with van der Waals surface area (Å²) in [4.78, 5) is 13.4. The summed E-state index contributed by atoms with van der Waals surface area (Å²) >= 11 is 6.23. The van der Waals surface area contributed by atoms with E-state index in [4.69, 9.17) is 21.3 Å². The van der Waals surface area contributed by atoms with E-state index >= 15 is 0 Å². The third kappa shape index (κ3) is 2.80. The molecule has 23 heavy (non-hydrogen) atoms. The molecule has 2 aromatic rings. The van der Waals surface area contributed by atoms with Crippen molar-refractivity contribution in [1.82, 2.24) is 9.97 Å². The molecule has 1 saturated heterocycles. The molecule has 0 saturated carbocycles. The van der Waals surface area contributed by atoms with Crippen LogP contribution in [-0.2, 0) is 4.74 Å². The van der Waals surface area contributed by atoms with Crippen LogP contribution in [0.1, 0.15) is 0 Å². The number of hydrogen-bond acceptors (Lipinski definition) is 6. The van der Waals surface area contributed by atoms with Gasteiger partial charge >= 0.3 is 0 Å². The number of nitrogens with one attached hydrogen (secondary N) is 1. The summed E-state index contributed by atoms with van der Waals surface area (Å²) in [6.07, 6.45) is 0. The molecule has 0 amide bonds. The SMILES string of the molecule is CN1CNc2ccc(-c3cc(Cl)nc(N4CCOCC4)n3)cc21. The number of benzene rings is 1. The van der Waals surface area contributed by atoms with Gasteiger partial charge in [0.05, 0.1) is 37.0 Å². The summed E-state index contributed by atoms with van der Waals surface area (Å²) in [6, 6.07) is 8.10. The predicted molar refractivity (Wildman–Crippen MR) is 92.4 cm³/mol. The van der Waals surface area contributed by atoms with E-state index < -0.39 is 0 Å². The molecule has 0 unspecified atom stereocenters. The quantitative estimate of drug-likeness (QED) is 0.853. The van der Waals surface area contributed by atoms with Crippen molar-refractivity contribution in [2.75, 3.05) is 55.1 Å². The van der Waals surface area contributed by atoms with E-state index in [2.05, 4.69) is 45.3 Å². The Labute approximate surface area is 140 Å². The Hall–Kier alpha value is -2.05. The smallest absolute Gasteiger partial charge is 0.227 e. The van der Waals surface area contributed by atoms with Gasteiger partial charge in [0.15, 0.2) is 0 Å². The fraction of sp³-hybridized carbons (Fsp3) is 0.375. The maximum atomic E-state index is 6.23. The fourth-order valence-electron chi connectivity index (χ4n) is 2.90. The van der Waals surface area contributed by atoms with Crippen molar-refractivity contribution in [3.63, 3.8) is 0 Å². The zero-order chi connectivity index (χ0) is 15.8. The molecular formula is C16H18ClN5O. The molecule has 0 bridgehead atoms. The van der Waals surface area contributed by atoms with Gasteiger partial charge in [-0.1, -0.05) is 17.7 Å². The van der Waals surface area contributed by atoms with Crippen LogP contribution in [0, 0.1) is 0 Å². The zero-order valence-corrected chi connectivity index (χ0v) is 13.7. The second-order valence-corrected chi connectivity index (χ2v) is 6.13. The largest absolute Gasteiger partial charge is 0.378 e. The maximum Gasteiger partial charge on any atom is 0.227 e. The van der Waals surface area contributed by atoms with E-state index in [1.165, 1.54) is 5.69 Å². The van der Waals surface area contributed by atoms with E-state index in [0.29, 0.717) is 24.3 Å². The lowest BCUT2D eigenvalue weighted by Crippen LogP contribution is -2.37. The lowest BCUT2D eigenvalue weighted by molar-refractivity contribution is 0.122. The zero-order valence-electron chi connectivity index (χ0n) is 12.9. The summed E-state index contributed by atoms with van der Waals surface area (Å²) in [6.45, 7) is 3.79. The highest BCUT2D eigenvalue weighted by molar-refractivity contribution is 6.29. The van der Waals surface area contributed by atoms with Crippen LogP contribution >= 0.6 is 11.6 Å². The second-order valence-electron chi connectivity index (χ2n) is 5.74. The van der Waals surface area contributed by atoms with Gasteiger partial charge in [-0.15, -0.1) is 0 Å².